The van der Waals surface area contributed by atoms with Crippen LogP contribution in [0.5, 0.6) is 0 Å². The fourth-order valence-corrected chi connectivity index (χ4v) is 2.74. The molecule has 20 heavy (non-hydrogen) atoms. The van der Waals surface area contributed by atoms with Gasteiger partial charge >= 0.3 is 6.03 Å². The molecule has 0 bridgehead atoms. The highest BCUT2D eigenvalue weighted by Crippen LogP contribution is 2.33. The van der Waals surface area contributed by atoms with Crippen molar-refractivity contribution in [3.63, 3.8) is 0 Å². The van der Waals surface area contributed by atoms with E-state index in [2.05, 4.69) is 10.6 Å². The van der Waals surface area contributed by atoms with Crippen LogP contribution >= 0.6 is 23.2 Å². The molecule has 0 saturated carbocycles. The van der Waals surface area contributed by atoms with Gasteiger partial charge in [-0.1, -0.05) is 36.2 Å². The van der Waals surface area contributed by atoms with E-state index in [0.29, 0.717) is 33.3 Å². The molecular formula is C14H14Cl2N2O2. The molecule has 2 N–H and O–H groups in total. The van der Waals surface area contributed by atoms with Crippen molar-refractivity contribution < 1.29 is 9.59 Å². The van der Waals surface area contributed by atoms with Gasteiger partial charge in [0.15, 0.2) is 5.78 Å². The number of rotatable bonds is 3. The molecule has 0 fully saturated rings. The topological polar surface area (TPSA) is 58.2 Å². The zero-order chi connectivity index (χ0) is 14.9. The molecule has 6 heteroatoms. The van der Waals surface area contributed by atoms with Crippen LogP contribution in [0.1, 0.15) is 31.9 Å². The van der Waals surface area contributed by atoms with Crippen LogP contribution in [0.15, 0.2) is 29.5 Å². The van der Waals surface area contributed by atoms with Crippen molar-refractivity contribution in [1.82, 2.24) is 10.6 Å². The summed E-state index contributed by atoms with van der Waals surface area (Å²) in [4.78, 5) is 23.8. The summed E-state index contributed by atoms with van der Waals surface area (Å²) in [7, 11) is 0. The zero-order valence-corrected chi connectivity index (χ0v) is 12.6. The average molecular weight is 313 g/mol. The van der Waals surface area contributed by atoms with Gasteiger partial charge in [0, 0.05) is 27.7 Å². The van der Waals surface area contributed by atoms with E-state index in [9.17, 15) is 9.59 Å². The third kappa shape index (κ3) is 2.81. The number of ketones is 1. The van der Waals surface area contributed by atoms with Gasteiger partial charge in [-0.25, -0.2) is 4.79 Å². The van der Waals surface area contributed by atoms with E-state index in [0.717, 1.165) is 0 Å². The van der Waals surface area contributed by atoms with Crippen molar-refractivity contribution in [2.75, 3.05) is 0 Å². The van der Waals surface area contributed by atoms with Gasteiger partial charge in [-0.15, -0.1) is 0 Å². The first-order valence-corrected chi connectivity index (χ1v) is 6.96. The molecule has 1 aliphatic heterocycles. The highest BCUT2D eigenvalue weighted by Gasteiger charge is 2.31. The lowest BCUT2D eigenvalue weighted by Gasteiger charge is -2.29. The van der Waals surface area contributed by atoms with Gasteiger partial charge in [0.2, 0.25) is 0 Å². The number of hydrogen-bond acceptors (Lipinski definition) is 2. The Hall–Kier alpha value is -1.52. The maximum absolute atomic E-state index is 12.1. The number of carbonyl (C=O) groups is 2. The summed E-state index contributed by atoms with van der Waals surface area (Å²) in [6.45, 7) is 3.48. The fraction of sp³-hybridized carbons (Fsp3) is 0.286. The monoisotopic (exact) mass is 312 g/mol. The lowest BCUT2D eigenvalue weighted by Crippen LogP contribution is -2.45. The molecule has 0 aliphatic carbocycles. The number of benzene rings is 1. The Bertz CT molecular complexity index is 611. The molecule has 106 valence electrons. The van der Waals surface area contributed by atoms with Gasteiger partial charge in [-0.2, -0.15) is 0 Å². The summed E-state index contributed by atoms with van der Waals surface area (Å²) in [5.74, 6) is -0.0361. The minimum Gasteiger partial charge on any atom is -0.327 e. The number of amides is 2. The molecule has 1 unspecified atom stereocenters. The molecule has 0 spiro atoms. The van der Waals surface area contributed by atoms with Crippen molar-refractivity contribution in [2.45, 2.75) is 26.3 Å². The Morgan fingerprint density at radius 3 is 2.65 bits per heavy atom. The largest absolute Gasteiger partial charge is 0.327 e. The molecule has 4 nitrogen and oxygen atoms in total. The number of nitrogens with one attached hydrogen (secondary N) is 2. The molecular weight excluding hydrogens is 299 g/mol. The first-order valence-electron chi connectivity index (χ1n) is 6.20. The molecule has 1 aliphatic rings. The number of carbonyl (C=O) groups excluding carboxylic acids is 2. The van der Waals surface area contributed by atoms with Crippen LogP contribution in [0.3, 0.4) is 0 Å². The second-order valence-electron chi connectivity index (χ2n) is 4.51. The van der Waals surface area contributed by atoms with Crippen molar-refractivity contribution in [1.29, 1.82) is 0 Å². The summed E-state index contributed by atoms with van der Waals surface area (Å²) in [6, 6.07) is 4.08. The van der Waals surface area contributed by atoms with Crippen molar-refractivity contribution in [3.8, 4) is 0 Å². The molecule has 2 rings (SSSR count). The minimum atomic E-state index is -0.555. The Labute approximate surface area is 127 Å². The Balaban J connectivity index is 2.54. The molecule has 1 heterocycles. The number of halogens is 2. The van der Waals surface area contributed by atoms with Crippen LogP contribution in [-0.2, 0) is 4.79 Å². The van der Waals surface area contributed by atoms with Crippen molar-refractivity contribution in [2.24, 2.45) is 0 Å². The second-order valence-corrected chi connectivity index (χ2v) is 5.36. The normalized spacial score (nSPS) is 18.6. The van der Waals surface area contributed by atoms with Crippen LogP contribution in [0.4, 0.5) is 4.79 Å². The number of allylic oxidation sites excluding steroid dienone is 1. The van der Waals surface area contributed by atoms with E-state index in [4.69, 9.17) is 23.2 Å². The molecule has 1 atom stereocenters. The third-order valence-electron chi connectivity index (χ3n) is 3.16. The van der Waals surface area contributed by atoms with Crippen molar-refractivity contribution in [3.05, 3.63) is 45.1 Å². The molecule has 0 aromatic heterocycles. The van der Waals surface area contributed by atoms with Gasteiger partial charge in [-0.05, 0) is 24.6 Å². The summed E-state index contributed by atoms with van der Waals surface area (Å²) in [5, 5.41) is 6.27. The van der Waals surface area contributed by atoms with Crippen LogP contribution in [0.25, 0.3) is 0 Å². The van der Waals surface area contributed by atoms with Gasteiger partial charge in [0.1, 0.15) is 0 Å². The fourth-order valence-electron chi connectivity index (χ4n) is 2.22. The van der Waals surface area contributed by atoms with Gasteiger partial charge in [0.05, 0.1) is 6.04 Å². The van der Waals surface area contributed by atoms with Crippen molar-refractivity contribution >= 4 is 35.0 Å². The zero-order valence-electron chi connectivity index (χ0n) is 11.1. The van der Waals surface area contributed by atoms with Crippen LogP contribution in [-0.4, -0.2) is 11.8 Å². The molecule has 2 amide bonds. The summed E-state index contributed by atoms with van der Waals surface area (Å²) in [6.07, 6.45) is 0.353. The number of urea groups is 1. The summed E-state index contributed by atoms with van der Waals surface area (Å²) >= 11 is 12.1. The van der Waals surface area contributed by atoms with E-state index in [1.165, 1.54) is 0 Å². The number of Topliss-reactive ketones (excluding diaryl/α,β-unsaturated/α-hetero) is 1. The van der Waals surface area contributed by atoms with Gasteiger partial charge < -0.3 is 10.6 Å². The maximum Gasteiger partial charge on any atom is 0.319 e. The Morgan fingerprint density at radius 2 is 2.05 bits per heavy atom. The quantitative estimate of drug-likeness (QED) is 0.896. The van der Waals surface area contributed by atoms with E-state index < -0.39 is 6.04 Å². The highest BCUT2D eigenvalue weighted by atomic mass is 35.5. The Morgan fingerprint density at radius 1 is 1.35 bits per heavy atom. The molecule has 0 saturated heterocycles. The Kier molecular flexibility index (Phi) is 4.35. The third-order valence-corrected chi connectivity index (χ3v) is 3.73. The van der Waals surface area contributed by atoms with Crippen LogP contribution < -0.4 is 10.6 Å². The second kappa shape index (κ2) is 5.85. The lowest BCUT2D eigenvalue weighted by molar-refractivity contribution is -0.115. The highest BCUT2D eigenvalue weighted by molar-refractivity contribution is 6.35. The first kappa shape index (κ1) is 14.9. The van der Waals surface area contributed by atoms with E-state index in [1.54, 1.807) is 32.0 Å². The van der Waals surface area contributed by atoms with Crippen LogP contribution in [0, 0.1) is 0 Å². The standard InChI is InChI=1S/C14H14Cl2N2O2/c1-3-11(19)12-7(2)17-14(20)18-13(12)9-5-4-8(15)6-10(9)16/h4-6,13H,3H2,1-2H3,(H2,17,18,20). The smallest absolute Gasteiger partial charge is 0.319 e. The summed E-state index contributed by atoms with van der Waals surface area (Å²) in [5.41, 5.74) is 1.73. The van der Waals surface area contributed by atoms with E-state index >= 15 is 0 Å². The average Bonchev–Trinajstić information content (AvgIpc) is 2.37. The summed E-state index contributed by atoms with van der Waals surface area (Å²) < 4.78 is 0. The van der Waals surface area contributed by atoms with E-state index in [-0.39, 0.29) is 11.8 Å². The molecule has 0 radical (unpaired) electrons. The molecule has 1 aromatic carbocycles. The minimum absolute atomic E-state index is 0.0361. The SMILES string of the molecule is CCC(=O)C1=C(C)NC(=O)NC1c1ccc(Cl)cc1Cl. The predicted octanol–water partition coefficient (Wildman–Crippen LogP) is 3.60. The molecule has 1 aromatic rings. The lowest BCUT2D eigenvalue weighted by atomic mass is 9.91. The van der Waals surface area contributed by atoms with E-state index in [1.807, 2.05) is 0 Å². The maximum atomic E-state index is 12.1. The first-order chi connectivity index (χ1) is 9.43. The van der Waals surface area contributed by atoms with Gasteiger partial charge in [-0.3, -0.25) is 4.79 Å². The van der Waals surface area contributed by atoms with Gasteiger partial charge in [0.25, 0.3) is 0 Å². The number of hydrogen-bond donors (Lipinski definition) is 2. The van der Waals surface area contributed by atoms with Crippen LogP contribution in [0.2, 0.25) is 10.0 Å². The predicted molar refractivity (Wildman–Crippen MR) is 78.9 cm³/mol.